The summed E-state index contributed by atoms with van der Waals surface area (Å²) in [5.74, 6) is -1.75. The molecule has 20 heavy (non-hydrogen) atoms. The number of aliphatic carboxylic acids is 1. The van der Waals surface area contributed by atoms with Gasteiger partial charge in [0.05, 0.1) is 19.4 Å². The van der Waals surface area contributed by atoms with Crippen molar-refractivity contribution >= 4 is 42.5 Å². The number of Topliss-reactive ketones (excluding diaryl/α,β-unsaturated/α-hetero) is 1. The van der Waals surface area contributed by atoms with Gasteiger partial charge in [-0.1, -0.05) is 0 Å². The molecule has 0 heterocycles. The summed E-state index contributed by atoms with van der Waals surface area (Å²) in [6.45, 7) is 1.95. The fourth-order valence-electron chi connectivity index (χ4n) is 1.47. The van der Waals surface area contributed by atoms with E-state index < -0.39 is 24.0 Å². The number of hydrogen-bond acceptors (Lipinski definition) is 6. The lowest BCUT2D eigenvalue weighted by molar-refractivity contribution is -0.143. The average Bonchev–Trinajstić information content (AvgIpc) is 2.14. The maximum atomic E-state index is 11.5. The van der Waals surface area contributed by atoms with Crippen molar-refractivity contribution in [1.82, 2.24) is 0 Å². The minimum absolute atomic E-state index is 0. The van der Waals surface area contributed by atoms with E-state index in [9.17, 15) is 14.4 Å². The highest BCUT2D eigenvalue weighted by atomic mass is 35.5. The van der Waals surface area contributed by atoms with Crippen LogP contribution in [0.1, 0.15) is 32.6 Å². The standard InChI is InChI=1S/C11H20N2O5.2ClH/c1-2-18-11(17)6-8(13)4-9(14)3-7(12)5-10(15)16;;/h7-8H,2-6,12-13H2,1H3,(H,15,16);2*1H. The summed E-state index contributed by atoms with van der Waals surface area (Å²) in [4.78, 5) is 32.9. The number of esters is 1. The second-order valence-electron chi connectivity index (χ2n) is 4.07. The van der Waals surface area contributed by atoms with Gasteiger partial charge in [-0.25, -0.2) is 0 Å². The molecule has 0 amide bonds. The molecule has 0 aromatic heterocycles. The number of carboxylic acid groups (broad SMARTS) is 1. The molecular formula is C11H22Cl2N2O5. The molecular weight excluding hydrogens is 311 g/mol. The maximum Gasteiger partial charge on any atom is 0.307 e. The summed E-state index contributed by atoms with van der Waals surface area (Å²) >= 11 is 0. The van der Waals surface area contributed by atoms with Crippen LogP contribution in [0.5, 0.6) is 0 Å². The Kier molecular flexibility index (Phi) is 15.8. The summed E-state index contributed by atoms with van der Waals surface area (Å²) in [7, 11) is 0. The quantitative estimate of drug-likeness (QED) is 0.516. The third-order valence-electron chi connectivity index (χ3n) is 2.15. The molecule has 0 aliphatic heterocycles. The zero-order valence-electron chi connectivity index (χ0n) is 11.2. The third-order valence-corrected chi connectivity index (χ3v) is 2.15. The van der Waals surface area contributed by atoms with E-state index in [0.29, 0.717) is 0 Å². The first kappa shape index (κ1) is 24.1. The van der Waals surface area contributed by atoms with Gasteiger partial charge in [-0.05, 0) is 6.92 Å². The van der Waals surface area contributed by atoms with E-state index in [4.69, 9.17) is 21.3 Å². The van der Waals surface area contributed by atoms with Crippen LogP contribution in [0.4, 0.5) is 0 Å². The van der Waals surface area contributed by atoms with Gasteiger partial charge < -0.3 is 21.3 Å². The van der Waals surface area contributed by atoms with Crippen molar-refractivity contribution in [3.63, 3.8) is 0 Å². The van der Waals surface area contributed by atoms with Gasteiger partial charge in [-0.2, -0.15) is 0 Å². The van der Waals surface area contributed by atoms with Crippen LogP contribution < -0.4 is 11.5 Å². The number of rotatable bonds is 9. The Morgan fingerprint density at radius 2 is 1.45 bits per heavy atom. The summed E-state index contributed by atoms with van der Waals surface area (Å²) in [6, 6.07) is -1.33. The molecule has 5 N–H and O–H groups in total. The summed E-state index contributed by atoms with van der Waals surface area (Å²) in [5.41, 5.74) is 11.1. The van der Waals surface area contributed by atoms with Gasteiger partial charge in [0.1, 0.15) is 5.78 Å². The van der Waals surface area contributed by atoms with Crippen LogP contribution in [0.25, 0.3) is 0 Å². The molecule has 0 aliphatic carbocycles. The first-order valence-corrected chi connectivity index (χ1v) is 5.75. The van der Waals surface area contributed by atoms with Crippen molar-refractivity contribution in [2.45, 2.75) is 44.7 Å². The molecule has 0 saturated heterocycles. The van der Waals surface area contributed by atoms with Crippen LogP contribution in [0.2, 0.25) is 0 Å². The van der Waals surface area contributed by atoms with E-state index in [1.54, 1.807) is 6.92 Å². The Hall–Kier alpha value is -0.890. The lowest BCUT2D eigenvalue weighted by Crippen LogP contribution is -2.31. The molecule has 0 aromatic carbocycles. The highest BCUT2D eigenvalue weighted by Crippen LogP contribution is 2.04. The Morgan fingerprint density at radius 3 is 1.85 bits per heavy atom. The number of halogens is 2. The summed E-state index contributed by atoms with van der Waals surface area (Å²) in [5, 5.41) is 8.48. The van der Waals surface area contributed by atoms with Gasteiger partial charge >= 0.3 is 11.9 Å². The molecule has 2 atom stereocenters. The Bertz CT molecular complexity index is 315. The topological polar surface area (TPSA) is 133 Å². The van der Waals surface area contributed by atoms with Gasteiger partial charge in [0.2, 0.25) is 0 Å². The first-order valence-electron chi connectivity index (χ1n) is 5.75. The van der Waals surface area contributed by atoms with Crippen LogP contribution >= 0.6 is 24.8 Å². The SMILES string of the molecule is CCOC(=O)CC(N)CC(=O)CC(N)CC(=O)O.Cl.Cl. The van der Waals surface area contributed by atoms with Crippen LogP contribution in [0, 0.1) is 0 Å². The van der Waals surface area contributed by atoms with Crippen molar-refractivity contribution in [1.29, 1.82) is 0 Å². The maximum absolute atomic E-state index is 11.5. The van der Waals surface area contributed by atoms with Crippen molar-refractivity contribution in [2.24, 2.45) is 11.5 Å². The zero-order chi connectivity index (χ0) is 14.1. The van der Waals surface area contributed by atoms with E-state index in [-0.39, 0.29) is 62.9 Å². The Balaban J connectivity index is -0.00000144. The van der Waals surface area contributed by atoms with E-state index in [1.165, 1.54) is 0 Å². The molecule has 9 heteroatoms. The van der Waals surface area contributed by atoms with Crippen LogP contribution in [0.3, 0.4) is 0 Å². The van der Waals surface area contributed by atoms with Crippen LogP contribution in [-0.2, 0) is 19.1 Å². The molecule has 0 radical (unpaired) electrons. The molecule has 2 unspecified atom stereocenters. The van der Waals surface area contributed by atoms with Gasteiger partial charge in [0.25, 0.3) is 0 Å². The van der Waals surface area contributed by atoms with Crippen molar-refractivity contribution in [3.05, 3.63) is 0 Å². The van der Waals surface area contributed by atoms with Gasteiger partial charge in [-0.15, -0.1) is 24.8 Å². The Labute approximate surface area is 130 Å². The fraction of sp³-hybridized carbons (Fsp3) is 0.727. The fourth-order valence-corrected chi connectivity index (χ4v) is 1.47. The second-order valence-corrected chi connectivity index (χ2v) is 4.07. The smallest absolute Gasteiger partial charge is 0.307 e. The van der Waals surface area contributed by atoms with Gasteiger partial charge in [-0.3, -0.25) is 14.4 Å². The third kappa shape index (κ3) is 13.5. The number of ether oxygens (including phenoxy) is 1. The molecule has 120 valence electrons. The molecule has 7 nitrogen and oxygen atoms in total. The number of ketones is 1. The summed E-state index contributed by atoms with van der Waals surface area (Å²) in [6.07, 6.45) is -0.360. The molecule has 0 fully saturated rings. The van der Waals surface area contributed by atoms with Crippen molar-refractivity contribution in [2.75, 3.05) is 6.61 Å². The van der Waals surface area contributed by atoms with Crippen LogP contribution in [0.15, 0.2) is 0 Å². The molecule has 0 aromatic rings. The minimum Gasteiger partial charge on any atom is -0.481 e. The zero-order valence-corrected chi connectivity index (χ0v) is 12.9. The number of carboxylic acids is 1. The normalized spacial score (nSPS) is 12.3. The number of nitrogens with two attached hydrogens (primary N) is 2. The van der Waals surface area contributed by atoms with Crippen molar-refractivity contribution < 1.29 is 24.2 Å². The number of carbonyl (C=O) groups is 3. The highest BCUT2D eigenvalue weighted by molar-refractivity contribution is 5.85. The Morgan fingerprint density at radius 1 is 1.00 bits per heavy atom. The number of carbonyl (C=O) groups excluding carboxylic acids is 2. The largest absolute Gasteiger partial charge is 0.481 e. The molecule has 0 rings (SSSR count). The van der Waals surface area contributed by atoms with E-state index in [0.717, 1.165) is 0 Å². The summed E-state index contributed by atoms with van der Waals surface area (Å²) < 4.78 is 4.70. The second kappa shape index (κ2) is 13.1. The van der Waals surface area contributed by atoms with E-state index in [2.05, 4.69) is 0 Å². The van der Waals surface area contributed by atoms with Crippen molar-refractivity contribution in [3.8, 4) is 0 Å². The minimum atomic E-state index is -1.05. The lowest BCUT2D eigenvalue weighted by atomic mass is 10.0. The predicted molar refractivity (Wildman–Crippen MR) is 78.2 cm³/mol. The van der Waals surface area contributed by atoms with E-state index >= 15 is 0 Å². The molecule has 0 spiro atoms. The first-order chi connectivity index (χ1) is 8.35. The molecule has 0 aliphatic rings. The highest BCUT2D eigenvalue weighted by Gasteiger charge is 2.17. The molecule has 0 bridgehead atoms. The molecule has 0 saturated carbocycles. The van der Waals surface area contributed by atoms with Gasteiger partial charge in [0.15, 0.2) is 0 Å². The monoisotopic (exact) mass is 332 g/mol. The number of hydrogen-bond donors (Lipinski definition) is 3. The van der Waals surface area contributed by atoms with E-state index in [1.807, 2.05) is 0 Å². The van der Waals surface area contributed by atoms with Gasteiger partial charge in [0, 0.05) is 24.9 Å². The van der Waals surface area contributed by atoms with Crippen LogP contribution in [-0.4, -0.2) is 41.5 Å². The predicted octanol–water partition coefficient (Wildman–Crippen LogP) is 0.262. The lowest BCUT2D eigenvalue weighted by Gasteiger charge is -2.12. The average molecular weight is 333 g/mol.